The van der Waals surface area contributed by atoms with E-state index in [2.05, 4.69) is 75.5 Å². The van der Waals surface area contributed by atoms with E-state index in [0.29, 0.717) is 19.3 Å². The highest BCUT2D eigenvalue weighted by molar-refractivity contribution is 5.71. The number of unbranched alkanes of at least 4 members (excludes halogenated alkanes) is 25. The minimum absolute atomic E-state index is 0.0909. The van der Waals surface area contributed by atoms with E-state index in [1.54, 1.807) is 0 Å². The van der Waals surface area contributed by atoms with Crippen molar-refractivity contribution in [3.8, 4) is 0 Å². The Morgan fingerprint density at radius 2 is 0.688 bits per heavy atom. The predicted molar refractivity (Wildman–Crippen MR) is 274 cm³/mol. The summed E-state index contributed by atoms with van der Waals surface area (Å²) >= 11 is 0. The van der Waals surface area contributed by atoms with Crippen LogP contribution in [0.15, 0.2) is 85.1 Å². The number of allylic oxidation sites excluding steroid dienone is 14. The first-order chi connectivity index (χ1) is 31.5. The molecule has 0 saturated carbocycles. The minimum Gasteiger partial charge on any atom is -0.462 e. The first kappa shape index (κ1) is 60.6. The molecule has 0 saturated heterocycles. The van der Waals surface area contributed by atoms with Gasteiger partial charge in [0.1, 0.15) is 13.2 Å². The third-order valence-electron chi connectivity index (χ3n) is 11.2. The zero-order chi connectivity index (χ0) is 46.5. The van der Waals surface area contributed by atoms with Crippen molar-refractivity contribution in [1.29, 1.82) is 0 Å². The quantitative estimate of drug-likeness (QED) is 0.0199. The monoisotopic (exact) mass is 891 g/mol. The Bertz CT molecular complexity index is 1250. The molecule has 0 spiro atoms. The van der Waals surface area contributed by atoms with Gasteiger partial charge in [-0.2, -0.15) is 0 Å². The van der Waals surface area contributed by atoms with Crippen molar-refractivity contribution >= 4 is 17.9 Å². The lowest BCUT2D eigenvalue weighted by Gasteiger charge is -2.18. The van der Waals surface area contributed by atoms with E-state index in [9.17, 15) is 14.4 Å². The fourth-order valence-corrected chi connectivity index (χ4v) is 7.29. The summed E-state index contributed by atoms with van der Waals surface area (Å²) in [7, 11) is 0. The molecule has 6 heteroatoms. The molecule has 0 rings (SSSR count). The van der Waals surface area contributed by atoms with Crippen LogP contribution in [-0.2, 0) is 28.6 Å². The number of rotatable bonds is 47. The summed E-state index contributed by atoms with van der Waals surface area (Å²) in [5, 5.41) is 0. The average molecular weight is 891 g/mol. The molecule has 0 amide bonds. The van der Waals surface area contributed by atoms with E-state index >= 15 is 0 Å². The molecule has 0 radical (unpaired) electrons. The van der Waals surface area contributed by atoms with Gasteiger partial charge in [0.2, 0.25) is 0 Å². The van der Waals surface area contributed by atoms with E-state index in [1.807, 2.05) is 30.4 Å². The van der Waals surface area contributed by atoms with Crippen LogP contribution in [0.3, 0.4) is 0 Å². The van der Waals surface area contributed by atoms with Gasteiger partial charge < -0.3 is 14.2 Å². The normalized spacial score (nSPS) is 12.7. The minimum atomic E-state index is -0.793. The van der Waals surface area contributed by atoms with Crippen molar-refractivity contribution < 1.29 is 28.6 Å². The van der Waals surface area contributed by atoms with Crippen molar-refractivity contribution in [2.45, 2.75) is 252 Å². The maximum absolute atomic E-state index is 12.8. The van der Waals surface area contributed by atoms with Crippen LogP contribution in [0.1, 0.15) is 245 Å². The molecule has 0 aromatic carbocycles. The molecule has 6 nitrogen and oxygen atoms in total. The summed E-state index contributed by atoms with van der Waals surface area (Å²) in [5.74, 6) is -0.933. The fourth-order valence-electron chi connectivity index (χ4n) is 7.29. The Labute approximate surface area is 395 Å². The summed E-state index contributed by atoms with van der Waals surface area (Å²) in [4.78, 5) is 38.0. The summed E-state index contributed by atoms with van der Waals surface area (Å²) in [6.07, 6.45) is 67.1. The van der Waals surface area contributed by atoms with Gasteiger partial charge >= 0.3 is 17.9 Å². The highest BCUT2D eigenvalue weighted by atomic mass is 16.6. The topological polar surface area (TPSA) is 78.9 Å². The van der Waals surface area contributed by atoms with Crippen molar-refractivity contribution in [1.82, 2.24) is 0 Å². The zero-order valence-electron chi connectivity index (χ0n) is 41.8. The average Bonchev–Trinajstić information content (AvgIpc) is 3.29. The number of hydrogen-bond acceptors (Lipinski definition) is 6. The predicted octanol–water partition coefficient (Wildman–Crippen LogP) is 17.6. The highest BCUT2D eigenvalue weighted by Crippen LogP contribution is 2.15. The van der Waals surface area contributed by atoms with Gasteiger partial charge in [-0.3, -0.25) is 14.4 Å². The first-order valence-corrected chi connectivity index (χ1v) is 26.6. The summed E-state index contributed by atoms with van der Waals surface area (Å²) < 4.78 is 16.8. The second kappa shape index (κ2) is 52.2. The Balaban J connectivity index is 4.40. The lowest BCUT2D eigenvalue weighted by Crippen LogP contribution is -2.30. The largest absolute Gasteiger partial charge is 0.462 e. The van der Waals surface area contributed by atoms with Gasteiger partial charge in [-0.25, -0.2) is 0 Å². The van der Waals surface area contributed by atoms with Crippen LogP contribution in [0.5, 0.6) is 0 Å². The summed E-state index contributed by atoms with van der Waals surface area (Å²) in [5.41, 5.74) is 0. The molecule has 0 aromatic rings. The van der Waals surface area contributed by atoms with Crippen LogP contribution < -0.4 is 0 Å². The lowest BCUT2D eigenvalue weighted by molar-refractivity contribution is -0.167. The summed E-state index contributed by atoms with van der Waals surface area (Å²) in [6, 6.07) is 0. The molecule has 0 aliphatic carbocycles. The molecule has 366 valence electrons. The second-order valence-electron chi connectivity index (χ2n) is 17.5. The molecular weight excluding hydrogens is 793 g/mol. The number of esters is 3. The molecule has 1 atom stereocenters. The van der Waals surface area contributed by atoms with Crippen LogP contribution in [0.25, 0.3) is 0 Å². The highest BCUT2D eigenvalue weighted by Gasteiger charge is 2.19. The van der Waals surface area contributed by atoms with Gasteiger partial charge in [-0.15, -0.1) is 0 Å². The van der Waals surface area contributed by atoms with Crippen molar-refractivity contribution in [2.75, 3.05) is 13.2 Å². The Kier molecular flexibility index (Phi) is 49.4. The van der Waals surface area contributed by atoms with Gasteiger partial charge in [0.05, 0.1) is 0 Å². The van der Waals surface area contributed by atoms with Gasteiger partial charge in [0, 0.05) is 19.3 Å². The third kappa shape index (κ3) is 49.6. The number of carbonyl (C=O) groups excluding carboxylic acids is 3. The number of ether oxygens (including phenoxy) is 3. The van der Waals surface area contributed by atoms with E-state index in [4.69, 9.17) is 14.2 Å². The smallest absolute Gasteiger partial charge is 0.306 e. The second-order valence-corrected chi connectivity index (χ2v) is 17.5. The summed E-state index contributed by atoms with van der Waals surface area (Å²) in [6.45, 7) is 6.36. The van der Waals surface area contributed by atoms with E-state index in [1.165, 1.54) is 116 Å². The maximum atomic E-state index is 12.8. The Hall–Kier alpha value is -3.41. The van der Waals surface area contributed by atoms with Gasteiger partial charge in [-0.05, 0) is 70.6 Å². The van der Waals surface area contributed by atoms with E-state index < -0.39 is 6.10 Å². The van der Waals surface area contributed by atoms with Crippen molar-refractivity contribution in [3.05, 3.63) is 85.1 Å². The molecule has 0 aliphatic heterocycles. The molecule has 0 heterocycles. The molecule has 1 unspecified atom stereocenters. The lowest BCUT2D eigenvalue weighted by atomic mass is 10.0. The first-order valence-electron chi connectivity index (χ1n) is 26.6. The van der Waals surface area contributed by atoms with Gasteiger partial charge in [0.25, 0.3) is 0 Å². The van der Waals surface area contributed by atoms with Gasteiger partial charge in [-0.1, -0.05) is 241 Å². The molecule has 0 bridgehead atoms. The fraction of sp³-hybridized carbons (Fsp3) is 0.707. The van der Waals surface area contributed by atoms with Crippen LogP contribution in [0, 0.1) is 0 Å². The van der Waals surface area contributed by atoms with Gasteiger partial charge in [0.15, 0.2) is 6.10 Å². The molecule has 64 heavy (non-hydrogen) atoms. The van der Waals surface area contributed by atoms with E-state index in [-0.39, 0.29) is 31.1 Å². The van der Waals surface area contributed by atoms with Crippen molar-refractivity contribution in [3.63, 3.8) is 0 Å². The van der Waals surface area contributed by atoms with Crippen LogP contribution >= 0.6 is 0 Å². The van der Waals surface area contributed by atoms with E-state index in [0.717, 1.165) is 89.9 Å². The number of carbonyl (C=O) groups is 3. The standard InChI is InChI=1S/C58H98O6/c1-4-7-10-13-16-19-22-25-27-28-29-30-31-34-36-39-42-45-48-51-57(60)63-54-55(53-62-56(59)50-47-44-41-38-35-32-24-21-18-15-12-9-6-3)64-58(61)52-49-46-43-40-37-33-26-23-20-17-14-11-8-5-2/h7,9-10,12,15-16,18-19,21,24-25,27,32,35,55H,4-6,8,11,13-14,17,20,22-23,26,28-31,33-34,36-54H2,1-3H3/b10-7+,12-9+,18-15+,19-16+,24-21+,27-25+,35-32+. The Morgan fingerprint density at radius 3 is 1.16 bits per heavy atom. The maximum Gasteiger partial charge on any atom is 0.306 e. The molecule has 0 aromatic heterocycles. The van der Waals surface area contributed by atoms with Crippen molar-refractivity contribution in [2.24, 2.45) is 0 Å². The SMILES string of the molecule is CC/C=C/C=C/C=C/C=C/CCCCCC(=O)OCC(COC(=O)CCCCCCCCCCC/C=C/C/C=C/C/C=C/CC)OC(=O)CCCCCCCCCCCCCCCC. The van der Waals surface area contributed by atoms with Crippen LogP contribution in [0.2, 0.25) is 0 Å². The van der Waals surface area contributed by atoms with Crippen LogP contribution in [-0.4, -0.2) is 37.2 Å². The van der Waals surface area contributed by atoms with Crippen LogP contribution in [0.4, 0.5) is 0 Å². The molecule has 0 fully saturated rings. The number of hydrogen-bond donors (Lipinski definition) is 0. The molecular formula is C58H98O6. The Morgan fingerprint density at radius 1 is 0.344 bits per heavy atom. The zero-order valence-corrected chi connectivity index (χ0v) is 41.8. The third-order valence-corrected chi connectivity index (χ3v) is 11.2. The molecule has 0 N–H and O–H groups in total. The molecule has 0 aliphatic rings.